The van der Waals surface area contributed by atoms with Crippen molar-refractivity contribution in [1.29, 1.82) is 0 Å². The van der Waals surface area contributed by atoms with Gasteiger partial charge in [0.1, 0.15) is 5.82 Å². The van der Waals surface area contributed by atoms with Crippen molar-refractivity contribution in [3.8, 4) is 0 Å². The maximum atomic E-state index is 13.5. The molecule has 0 bridgehead atoms. The monoisotopic (exact) mass is 416 g/mol. The molecule has 160 valence electrons. The first-order valence-corrected chi connectivity index (χ1v) is 11.1. The normalized spacial score (nSPS) is 15.0. The number of aryl methyl sites for hydroxylation is 1. The molecule has 0 saturated carbocycles. The van der Waals surface area contributed by atoms with Gasteiger partial charge in [-0.05, 0) is 66.8 Å². The zero-order chi connectivity index (χ0) is 21.6. The first kappa shape index (κ1) is 21.3. The van der Waals surface area contributed by atoms with Gasteiger partial charge in [0.05, 0.1) is 0 Å². The van der Waals surface area contributed by atoms with E-state index in [0.717, 1.165) is 55.7 Å². The first-order chi connectivity index (χ1) is 15.1. The maximum absolute atomic E-state index is 13.5. The van der Waals surface area contributed by atoms with Crippen LogP contribution in [0.3, 0.4) is 0 Å². The van der Waals surface area contributed by atoms with Gasteiger partial charge < -0.3 is 4.90 Å². The number of piperidine rings is 1. The highest BCUT2D eigenvalue weighted by Gasteiger charge is 2.29. The Morgan fingerprint density at radius 2 is 1.52 bits per heavy atom. The fraction of sp³-hybridized carbons (Fsp3) is 0.296. The molecule has 1 aliphatic heterocycles. The number of halogens is 1. The van der Waals surface area contributed by atoms with E-state index in [-0.39, 0.29) is 17.8 Å². The summed E-state index contributed by atoms with van der Waals surface area (Å²) in [5.74, 6) is -0.145. The van der Waals surface area contributed by atoms with Gasteiger partial charge in [0.25, 0.3) is 5.91 Å². The minimum atomic E-state index is -0.202. The maximum Gasteiger partial charge on any atom is 0.258 e. The predicted octanol–water partition coefficient (Wildman–Crippen LogP) is 5.70. The number of hydrogen-bond donors (Lipinski definition) is 0. The summed E-state index contributed by atoms with van der Waals surface area (Å²) in [4.78, 5) is 17.9. The Kier molecular flexibility index (Phi) is 6.78. The van der Waals surface area contributed by atoms with Crippen molar-refractivity contribution in [2.75, 3.05) is 18.0 Å². The topological polar surface area (TPSA) is 23.6 Å². The fourth-order valence-corrected chi connectivity index (χ4v) is 4.29. The van der Waals surface area contributed by atoms with Gasteiger partial charge in [-0.2, -0.15) is 0 Å². The number of carbonyl (C=O) groups excluding carboxylic acids is 1. The average molecular weight is 417 g/mol. The highest BCUT2D eigenvalue weighted by Crippen LogP contribution is 2.27. The molecule has 1 heterocycles. The number of amides is 1. The molecule has 31 heavy (non-hydrogen) atoms. The second-order valence-electron chi connectivity index (χ2n) is 8.19. The van der Waals surface area contributed by atoms with Crippen molar-refractivity contribution < 1.29 is 9.18 Å². The molecule has 0 aromatic heterocycles. The molecular formula is C27H29FN2O. The number of likely N-dealkylation sites (tertiary alicyclic amines) is 1. The Morgan fingerprint density at radius 1 is 0.903 bits per heavy atom. The third-order valence-electron chi connectivity index (χ3n) is 6.10. The molecule has 4 heteroatoms. The van der Waals surface area contributed by atoms with E-state index in [4.69, 9.17) is 0 Å². The molecule has 0 N–H and O–H groups in total. The van der Waals surface area contributed by atoms with Gasteiger partial charge in [0, 0.05) is 36.9 Å². The van der Waals surface area contributed by atoms with Gasteiger partial charge in [0.15, 0.2) is 0 Å². The van der Waals surface area contributed by atoms with Crippen LogP contribution in [0.1, 0.15) is 41.3 Å². The summed E-state index contributed by atoms with van der Waals surface area (Å²) in [5.41, 5.74) is 4.07. The molecule has 0 unspecified atom stereocenters. The van der Waals surface area contributed by atoms with Crippen LogP contribution in [0.5, 0.6) is 0 Å². The molecule has 1 amide bonds. The SMILES string of the molecule is CCc1ccc(N(C(=O)c2ccccc2)C2CCN(Cc3ccc(F)cc3)CC2)cc1. The molecule has 3 aromatic rings. The second-order valence-corrected chi connectivity index (χ2v) is 8.19. The molecule has 1 saturated heterocycles. The molecule has 1 aliphatic rings. The Balaban J connectivity index is 1.50. The van der Waals surface area contributed by atoms with Gasteiger partial charge in [-0.1, -0.05) is 49.4 Å². The highest BCUT2D eigenvalue weighted by atomic mass is 19.1. The zero-order valence-electron chi connectivity index (χ0n) is 18.0. The van der Waals surface area contributed by atoms with E-state index in [0.29, 0.717) is 0 Å². The minimum absolute atomic E-state index is 0.0573. The number of carbonyl (C=O) groups is 1. The van der Waals surface area contributed by atoms with E-state index < -0.39 is 0 Å². The van der Waals surface area contributed by atoms with E-state index in [2.05, 4.69) is 36.1 Å². The van der Waals surface area contributed by atoms with E-state index in [9.17, 15) is 9.18 Å². The molecular weight excluding hydrogens is 387 g/mol. The molecule has 4 rings (SSSR count). The van der Waals surface area contributed by atoms with Gasteiger partial charge in [-0.3, -0.25) is 9.69 Å². The summed E-state index contributed by atoms with van der Waals surface area (Å²) in [6, 6.07) is 24.8. The number of hydrogen-bond acceptors (Lipinski definition) is 2. The number of benzene rings is 3. The van der Waals surface area contributed by atoms with Crippen molar-refractivity contribution in [2.24, 2.45) is 0 Å². The van der Waals surface area contributed by atoms with E-state index >= 15 is 0 Å². The standard InChI is InChI=1S/C27H29FN2O/c1-2-21-10-14-25(15-11-21)30(27(31)23-6-4-3-5-7-23)26-16-18-29(19-17-26)20-22-8-12-24(28)13-9-22/h3-15,26H,2,16-20H2,1H3. The number of rotatable bonds is 6. The Bertz CT molecular complexity index is 978. The first-order valence-electron chi connectivity index (χ1n) is 11.1. The Labute approximate surface area is 184 Å². The molecule has 0 atom stereocenters. The summed E-state index contributed by atoms with van der Waals surface area (Å²) >= 11 is 0. The second kappa shape index (κ2) is 9.88. The van der Waals surface area contributed by atoms with Crippen molar-refractivity contribution in [1.82, 2.24) is 4.90 Å². The van der Waals surface area contributed by atoms with Crippen molar-refractivity contribution in [3.63, 3.8) is 0 Å². The van der Waals surface area contributed by atoms with E-state index in [1.165, 1.54) is 17.7 Å². The van der Waals surface area contributed by atoms with Crippen LogP contribution in [0.15, 0.2) is 78.9 Å². The lowest BCUT2D eigenvalue weighted by Crippen LogP contribution is -2.47. The van der Waals surface area contributed by atoms with Crippen molar-refractivity contribution in [2.45, 2.75) is 38.8 Å². The third kappa shape index (κ3) is 5.20. The summed E-state index contributed by atoms with van der Waals surface area (Å²) in [5, 5.41) is 0. The molecule has 3 nitrogen and oxygen atoms in total. The van der Waals surface area contributed by atoms with E-state index in [1.54, 1.807) is 0 Å². The predicted molar refractivity (Wildman–Crippen MR) is 124 cm³/mol. The smallest absolute Gasteiger partial charge is 0.258 e. The molecule has 1 fully saturated rings. The number of anilines is 1. The average Bonchev–Trinajstić information content (AvgIpc) is 2.83. The Morgan fingerprint density at radius 3 is 2.13 bits per heavy atom. The summed E-state index contributed by atoms with van der Waals surface area (Å²) in [6.07, 6.45) is 2.80. The lowest BCUT2D eigenvalue weighted by Gasteiger charge is -2.38. The molecule has 3 aromatic carbocycles. The van der Waals surface area contributed by atoms with Gasteiger partial charge in [0.2, 0.25) is 0 Å². The van der Waals surface area contributed by atoms with Crippen LogP contribution in [-0.4, -0.2) is 29.9 Å². The third-order valence-corrected chi connectivity index (χ3v) is 6.10. The van der Waals surface area contributed by atoms with Crippen LogP contribution < -0.4 is 4.90 Å². The fourth-order valence-electron chi connectivity index (χ4n) is 4.29. The van der Waals surface area contributed by atoms with Crippen LogP contribution in [0.2, 0.25) is 0 Å². The van der Waals surface area contributed by atoms with E-state index in [1.807, 2.05) is 47.4 Å². The van der Waals surface area contributed by atoms with Gasteiger partial charge in [-0.15, -0.1) is 0 Å². The van der Waals surface area contributed by atoms with Crippen LogP contribution >= 0.6 is 0 Å². The van der Waals surface area contributed by atoms with Crippen LogP contribution in [0.25, 0.3) is 0 Å². The van der Waals surface area contributed by atoms with Crippen LogP contribution in [0.4, 0.5) is 10.1 Å². The zero-order valence-corrected chi connectivity index (χ0v) is 18.0. The molecule has 0 radical (unpaired) electrons. The van der Waals surface area contributed by atoms with Crippen LogP contribution in [0, 0.1) is 5.82 Å². The number of nitrogens with zero attached hydrogens (tertiary/aromatic N) is 2. The van der Waals surface area contributed by atoms with Crippen molar-refractivity contribution >= 4 is 11.6 Å². The van der Waals surface area contributed by atoms with Gasteiger partial charge in [-0.25, -0.2) is 4.39 Å². The largest absolute Gasteiger partial charge is 0.305 e. The molecule has 0 spiro atoms. The lowest BCUT2D eigenvalue weighted by atomic mass is 9.99. The van der Waals surface area contributed by atoms with Gasteiger partial charge >= 0.3 is 0 Å². The van der Waals surface area contributed by atoms with Crippen molar-refractivity contribution in [3.05, 3.63) is 101 Å². The summed E-state index contributed by atoms with van der Waals surface area (Å²) in [7, 11) is 0. The lowest BCUT2D eigenvalue weighted by molar-refractivity contribution is 0.0958. The summed E-state index contributed by atoms with van der Waals surface area (Å²) < 4.78 is 13.2. The Hall–Kier alpha value is -2.98. The quantitative estimate of drug-likeness (QED) is 0.515. The summed E-state index contributed by atoms with van der Waals surface area (Å²) in [6.45, 7) is 4.77. The van der Waals surface area contributed by atoms with Crippen LogP contribution in [-0.2, 0) is 13.0 Å². The molecule has 0 aliphatic carbocycles. The highest BCUT2D eigenvalue weighted by molar-refractivity contribution is 6.06. The minimum Gasteiger partial charge on any atom is -0.305 e.